The van der Waals surface area contributed by atoms with E-state index in [1.165, 1.54) is 34.4 Å². The molecule has 3 aromatic rings. The van der Waals surface area contributed by atoms with Crippen LogP contribution in [0.1, 0.15) is 23.6 Å². The normalized spacial score (nSPS) is 10.8. The number of aromatic amines is 2. The third-order valence-corrected chi connectivity index (χ3v) is 4.75. The highest BCUT2D eigenvalue weighted by atomic mass is 16.5. The van der Waals surface area contributed by atoms with Crippen LogP contribution in [0.3, 0.4) is 0 Å². The fourth-order valence-electron chi connectivity index (χ4n) is 3.31. The average molecular weight is 444 g/mol. The van der Waals surface area contributed by atoms with Gasteiger partial charge >= 0.3 is 11.7 Å². The molecular weight excluding hydrogens is 420 g/mol. The van der Waals surface area contributed by atoms with Gasteiger partial charge in [-0.15, -0.1) is 0 Å². The highest BCUT2D eigenvalue weighted by Gasteiger charge is 2.16. The molecule has 1 aromatic carbocycles. The fourth-order valence-corrected chi connectivity index (χ4v) is 3.31. The minimum Gasteiger partial charge on any atom is -0.493 e. The standard InChI is InChI=1S/C21H24N4O7/c1-11(26)32-10-13-8-23-19-17(20(27)25-21(28)24-19)14(13)9-22-7-12-5-15(29-2)18(31-4)16(6-12)30-3/h5-6,8,22H,7,9-10H2,1-4H3,(H2,23,24,25,27,28). The minimum atomic E-state index is -0.654. The molecule has 0 spiro atoms. The molecule has 0 atom stereocenters. The van der Waals surface area contributed by atoms with Gasteiger partial charge < -0.3 is 24.3 Å². The van der Waals surface area contributed by atoms with Gasteiger partial charge in [-0.2, -0.15) is 0 Å². The number of nitrogens with zero attached hydrogens (tertiary/aromatic N) is 1. The topological polar surface area (TPSA) is 145 Å². The Hall–Kier alpha value is -3.86. The summed E-state index contributed by atoms with van der Waals surface area (Å²) in [5, 5.41) is 3.47. The average Bonchev–Trinajstić information content (AvgIpc) is 2.76. The molecule has 0 aliphatic rings. The third kappa shape index (κ3) is 4.89. The number of hydrogen-bond donors (Lipinski definition) is 3. The summed E-state index contributed by atoms with van der Waals surface area (Å²) in [5.41, 5.74) is 0.866. The van der Waals surface area contributed by atoms with Crippen LogP contribution in [0.25, 0.3) is 11.0 Å². The van der Waals surface area contributed by atoms with Crippen LogP contribution in [-0.4, -0.2) is 42.3 Å². The summed E-state index contributed by atoms with van der Waals surface area (Å²) in [5.74, 6) is 1.06. The molecule has 3 rings (SSSR count). The van der Waals surface area contributed by atoms with Crippen molar-refractivity contribution in [2.75, 3.05) is 21.3 Å². The molecule has 0 amide bonds. The van der Waals surface area contributed by atoms with Crippen molar-refractivity contribution in [3.05, 3.63) is 55.9 Å². The fraction of sp³-hybridized carbons (Fsp3) is 0.333. The molecule has 0 aliphatic heterocycles. The molecule has 0 saturated carbocycles. The number of aromatic nitrogens is 3. The lowest BCUT2D eigenvalue weighted by atomic mass is 10.1. The van der Waals surface area contributed by atoms with E-state index in [4.69, 9.17) is 18.9 Å². The number of carbonyl (C=O) groups excluding carboxylic acids is 1. The van der Waals surface area contributed by atoms with Crippen LogP contribution in [0.4, 0.5) is 0 Å². The molecule has 2 aromatic heterocycles. The summed E-state index contributed by atoms with van der Waals surface area (Å²) in [4.78, 5) is 44.2. The largest absolute Gasteiger partial charge is 0.493 e. The molecule has 32 heavy (non-hydrogen) atoms. The third-order valence-electron chi connectivity index (χ3n) is 4.75. The first-order valence-electron chi connectivity index (χ1n) is 9.64. The van der Waals surface area contributed by atoms with Gasteiger partial charge in [0.2, 0.25) is 5.75 Å². The number of ether oxygens (including phenoxy) is 4. The second kappa shape index (κ2) is 9.96. The summed E-state index contributed by atoms with van der Waals surface area (Å²) in [7, 11) is 4.59. The zero-order valence-corrected chi connectivity index (χ0v) is 18.2. The van der Waals surface area contributed by atoms with E-state index < -0.39 is 17.2 Å². The quantitative estimate of drug-likeness (QED) is 0.411. The van der Waals surface area contributed by atoms with Gasteiger partial charge in [-0.25, -0.2) is 9.78 Å². The van der Waals surface area contributed by atoms with Gasteiger partial charge in [-0.3, -0.25) is 19.6 Å². The number of pyridine rings is 1. The number of methoxy groups -OCH3 is 3. The van der Waals surface area contributed by atoms with Gasteiger partial charge in [0.25, 0.3) is 5.56 Å². The van der Waals surface area contributed by atoms with Crippen molar-refractivity contribution in [3.8, 4) is 17.2 Å². The molecule has 170 valence electrons. The van der Waals surface area contributed by atoms with Gasteiger partial charge in [-0.1, -0.05) is 0 Å². The van der Waals surface area contributed by atoms with Crippen molar-refractivity contribution in [2.45, 2.75) is 26.6 Å². The van der Waals surface area contributed by atoms with Gasteiger partial charge in [-0.05, 0) is 23.3 Å². The van der Waals surface area contributed by atoms with Crippen molar-refractivity contribution in [2.24, 2.45) is 0 Å². The van der Waals surface area contributed by atoms with Crippen LogP contribution in [0, 0.1) is 0 Å². The summed E-state index contributed by atoms with van der Waals surface area (Å²) >= 11 is 0. The maximum Gasteiger partial charge on any atom is 0.327 e. The SMILES string of the molecule is COc1cc(CNCc2c(COC(C)=O)cnc3[nH]c(=O)[nH]c(=O)c23)cc(OC)c1OC. The summed E-state index contributed by atoms with van der Waals surface area (Å²) < 4.78 is 21.2. The number of fused-ring (bicyclic) bond motifs is 1. The van der Waals surface area contributed by atoms with Gasteiger partial charge in [0, 0.05) is 31.8 Å². The Labute approximate surface area is 182 Å². The van der Waals surface area contributed by atoms with Crippen molar-refractivity contribution in [1.29, 1.82) is 0 Å². The molecule has 0 aliphatic carbocycles. The second-order valence-corrected chi connectivity index (χ2v) is 6.81. The molecule has 2 heterocycles. The van der Waals surface area contributed by atoms with E-state index in [1.54, 1.807) is 0 Å². The molecule has 0 fully saturated rings. The predicted molar refractivity (Wildman–Crippen MR) is 115 cm³/mol. The van der Waals surface area contributed by atoms with Gasteiger partial charge in [0.1, 0.15) is 12.3 Å². The monoisotopic (exact) mass is 444 g/mol. The number of benzene rings is 1. The van der Waals surface area contributed by atoms with Crippen LogP contribution in [0.5, 0.6) is 17.2 Å². The van der Waals surface area contributed by atoms with E-state index in [2.05, 4.69) is 20.3 Å². The number of nitrogens with one attached hydrogen (secondary N) is 3. The van der Waals surface area contributed by atoms with E-state index in [-0.39, 0.29) is 24.2 Å². The maximum absolute atomic E-state index is 12.5. The Bertz CT molecular complexity index is 1220. The van der Waals surface area contributed by atoms with Gasteiger partial charge in [0.05, 0.1) is 26.7 Å². The molecule has 11 nitrogen and oxygen atoms in total. The van der Waals surface area contributed by atoms with E-state index in [1.807, 2.05) is 12.1 Å². The van der Waals surface area contributed by atoms with Crippen molar-refractivity contribution < 1.29 is 23.7 Å². The molecule has 0 radical (unpaired) electrons. The lowest BCUT2D eigenvalue weighted by Gasteiger charge is -2.15. The van der Waals surface area contributed by atoms with Crippen LogP contribution >= 0.6 is 0 Å². The van der Waals surface area contributed by atoms with Crippen molar-refractivity contribution in [1.82, 2.24) is 20.3 Å². The Kier molecular flexibility index (Phi) is 7.11. The number of hydrogen-bond acceptors (Lipinski definition) is 9. The number of H-pyrrole nitrogens is 2. The summed E-state index contributed by atoms with van der Waals surface area (Å²) in [6, 6.07) is 3.62. The lowest BCUT2D eigenvalue weighted by molar-refractivity contribution is -0.142. The van der Waals surface area contributed by atoms with Crippen molar-refractivity contribution >= 4 is 17.0 Å². The molecule has 0 saturated heterocycles. The van der Waals surface area contributed by atoms with E-state index in [0.29, 0.717) is 34.9 Å². The summed E-state index contributed by atoms with van der Waals surface area (Å²) in [6.45, 7) is 1.87. The first kappa shape index (κ1) is 22.8. The Morgan fingerprint density at radius 1 is 1.03 bits per heavy atom. The van der Waals surface area contributed by atoms with Crippen LogP contribution in [-0.2, 0) is 29.2 Å². The van der Waals surface area contributed by atoms with Crippen molar-refractivity contribution in [3.63, 3.8) is 0 Å². The zero-order chi connectivity index (χ0) is 23.3. The van der Waals surface area contributed by atoms with Gasteiger partial charge in [0.15, 0.2) is 11.5 Å². The maximum atomic E-state index is 12.5. The number of carbonyl (C=O) groups is 1. The van der Waals surface area contributed by atoms with Crippen LogP contribution < -0.4 is 30.8 Å². The molecule has 0 bridgehead atoms. The van der Waals surface area contributed by atoms with Crippen LogP contribution in [0.15, 0.2) is 27.9 Å². The molecule has 0 unspecified atom stereocenters. The van der Waals surface area contributed by atoms with Crippen LogP contribution in [0.2, 0.25) is 0 Å². The molecular formula is C21H24N4O7. The first-order valence-corrected chi connectivity index (χ1v) is 9.64. The number of rotatable bonds is 9. The zero-order valence-electron chi connectivity index (χ0n) is 18.2. The van der Waals surface area contributed by atoms with E-state index in [0.717, 1.165) is 5.56 Å². The Morgan fingerprint density at radius 2 is 1.72 bits per heavy atom. The van der Waals surface area contributed by atoms with E-state index >= 15 is 0 Å². The second-order valence-electron chi connectivity index (χ2n) is 6.81. The predicted octanol–water partition coefficient (Wildman–Crippen LogP) is 0.990. The smallest absolute Gasteiger partial charge is 0.327 e. The molecule has 3 N–H and O–H groups in total. The number of esters is 1. The minimum absolute atomic E-state index is 0.0575. The first-order chi connectivity index (χ1) is 15.4. The molecule has 11 heteroatoms. The summed E-state index contributed by atoms with van der Waals surface area (Å²) in [6.07, 6.45) is 1.47. The lowest BCUT2D eigenvalue weighted by Crippen LogP contribution is -2.25. The van der Waals surface area contributed by atoms with E-state index in [9.17, 15) is 14.4 Å². The highest BCUT2D eigenvalue weighted by molar-refractivity contribution is 5.78. The Balaban J connectivity index is 1.93. The highest BCUT2D eigenvalue weighted by Crippen LogP contribution is 2.38. The Morgan fingerprint density at radius 3 is 2.31 bits per heavy atom.